The van der Waals surface area contributed by atoms with Crippen molar-refractivity contribution in [3.05, 3.63) is 70.8 Å². The second-order valence-electron chi connectivity index (χ2n) is 5.89. The lowest BCUT2D eigenvalue weighted by Gasteiger charge is -2.19. The van der Waals surface area contributed by atoms with E-state index >= 15 is 0 Å². The molecule has 19 heavy (non-hydrogen) atoms. The van der Waals surface area contributed by atoms with E-state index in [0.29, 0.717) is 11.8 Å². The molecule has 2 aromatic rings. The molecule has 0 nitrogen and oxygen atoms in total. The van der Waals surface area contributed by atoms with E-state index in [-0.39, 0.29) is 0 Å². The molecule has 0 N–H and O–H groups in total. The summed E-state index contributed by atoms with van der Waals surface area (Å²) in [5.41, 5.74) is 5.92. The average molecular weight is 252 g/mol. The van der Waals surface area contributed by atoms with Gasteiger partial charge in [-0.1, -0.05) is 76.2 Å². The molecule has 0 aliphatic carbocycles. The lowest BCUT2D eigenvalue weighted by atomic mass is 9.85. The van der Waals surface area contributed by atoms with Crippen molar-refractivity contribution in [3.8, 4) is 0 Å². The van der Waals surface area contributed by atoms with Crippen LogP contribution in [0.5, 0.6) is 0 Å². The Balaban J connectivity index is 2.46. The predicted octanol–water partition coefficient (Wildman–Crippen LogP) is 5.52. The first-order valence-corrected chi connectivity index (χ1v) is 7.25. The third-order valence-electron chi connectivity index (χ3n) is 3.72. The molecule has 0 saturated heterocycles. The average Bonchev–Trinajstić information content (AvgIpc) is 2.39. The normalized spacial score (nSPS) is 11.3. The Hall–Kier alpha value is -1.56. The van der Waals surface area contributed by atoms with E-state index < -0.39 is 0 Å². The molecule has 0 aliphatic rings. The summed E-state index contributed by atoms with van der Waals surface area (Å²) in [6.07, 6.45) is 1.04. The lowest BCUT2D eigenvalue weighted by molar-refractivity contribution is 0.805. The van der Waals surface area contributed by atoms with Gasteiger partial charge in [-0.15, -0.1) is 0 Å². The van der Waals surface area contributed by atoms with Crippen LogP contribution in [-0.4, -0.2) is 0 Å². The first-order chi connectivity index (χ1) is 9.09. The molecule has 0 heteroatoms. The van der Waals surface area contributed by atoms with Crippen molar-refractivity contribution in [2.75, 3.05) is 0 Å². The highest BCUT2D eigenvalue weighted by molar-refractivity contribution is 5.42. The van der Waals surface area contributed by atoms with Gasteiger partial charge in [0.05, 0.1) is 0 Å². The molecule has 2 rings (SSSR count). The molecular formula is C19H24. The van der Waals surface area contributed by atoms with Crippen LogP contribution in [0, 0.1) is 0 Å². The summed E-state index contributed by atoms with van der Waals surface area (Å²) < 4.78 is 0. The van der Waals surface area contributed by atoms with Crippen LogP contribution < -0.4 is 0 Å². The fourth-order valence-electron chi connectivity index (χ4n) is 2.71. The smallest absolute Gasteiger partial charge is 0.00201 e. The van der Waals surface area contributed by atoms with Crippen LogP contribution >= 0.6 is 0 Å². The van der Waals surface area contributed by atoms with Crippen LogP contribution in [0.15, 0.2) is 48.5 Å². The Bertz CT molecular complexity index is 495. The van der Waals surface area contributed by atoms with Crippen LogP contribution in [0.4, 0.5) is 0 Å². The summed E-state index contributed by atoms with van der Waals surface area (Å²) in [6, 6.07) is 17.6. The second-order valence-corrected chi connectivity index (χ2v) is 5.89. The van der Waals surface area contributed by atoms with Crippen molar-refractivity contribution < 1.29 is 0 Å². The summed E-state index contributed by atoms with van der Waals surface area (Å²) in [4.78, 5) is 0. The molecule has 0 spiro atoms. The Morgan fingerprint density at radius 1 is 0.684 bits per heavy atom. The Labute approximate surface area is 117 Å². The van der Waals surface area contributed by atoms with E-state index in [1.165, 1.54) is 22.3 Å². The zero-order valence-corrected chi connectivity index (χ0v) is 12.5. The van der Waals surface area contributed by atoms with Gasteiger partial charge in [0.25, 0.3) is 0 Å². The SMILES string of the molecule is CC(C)c1cccc(C(C)C)c1Cc1ccccc1. The van der Waals surface area contributed by atoms with Crippen LogP contribution in [0.3, 0.4) is 0 Å². The Morgan fingerprint density at radius 2 is 1.21 bits per heavy atom. The van der Waals surface area contributed by atoms with Crippen LogP contribution in [0.1, 0.15) is 61.8 Å². The highest BCUT2D eigenvalue weighted by atomic mass is 14.2. The number of rotatable bonds is 4. The highest BCUT2D eigenvalue weighted by Gasteiger charge is 2.13. The predicted molar refractivity (Wildman–Crippen MR) is 83.9 cm³/mol. The molecule has 2 aromatic carbocycles. The van der Waals surface area contributed by atoms with Gasteiger partial charge in [0.15, 0.2) is 0 Å². The van der Waals surface area contributed by atoms with E-state index in [1.54, 1.807) is 0 Å². The summed E-state index contributed by atoms with van der Waals surface area (Å²) in [7, 11) is 0. The minimum Gasteiger partial charge on any atom is -0.0622 e. The lowest BCUT2D eigenvalue weighted by Crippen LogP contribution is -2.04. The van der Waals surface area contributed by atoms with Gasteiger partial charge in [0.2, 0.25) is 0 Å². The van der Waals surface area contributed by atoms with Crippen LogP contribution in [-0.2, 0) is 6.42 Å². The van der Waals surface area contributed by atoms with Crippen molar-refractivity contribution in [2.24, 2.45) is 0 Å². The highest BCUT2D eigenvalue weighted by Crippen LogP contribution is 2.29. The van der Waals surface area contributed by atoms with Gasteiger partial charge in [-0.05, 0) is 40.5 Å². The maximum atomic E-state index is 2.29. The molecule has 0 aliphatic heterocycles. The molecule has 0 radical (unpaired) electrons. The maximum Gasteiger partial charge on any atom is -0.00201 e. The first-order valence-electron chi connectivity index (χ1n) is 7.25. The van der Waals surface area contributed by atoms with E-state index in [1.807, 2.05) is 0 Å². The van der Waals surface area contributed by atoms with Crippen molar-refractivity contribution in [2.45, 2.75) is 46.0 Å². The minimum absolute atomic E-state index is 0.581. The Morgan fingerprint density at radius 3 is 1.68 bits per heavy atom. The maximum absolute atomic E-state index is 2.29. The van der Waals surface area contributed by atoms with Gasteiger partial charge in [0, 0.05) is 0 Å². The minimum atomic E-state index is 0.581. The van der Waals surface area contributed by atoms with Crippen LogP contribution in [0.2, 0.25) is 0 Å². The van der Waals surface area contributed by atoms with Gasteiger partial charge in [-0.2, -0.15) is 0 Å². The fourth-order valence-corrected chi connectivity index (χ4v) is 2.71. The number of hydrogen-bond acceptors (Lipinski definition) is 0. The first kappa shape index (κ1) is 13.9. The molecule has 100 valence electrons. The summed E-state index contributed by atoms with van der Waals surface area (Å²) in [5.74, 6) is 1.16. The summed E-state index contributed by atoms with van der Waals surface area (Å²) in [5, 5.41) is 0. The molecule has 0 heterocycles. The van der Waals surface area contributed by atoms with Gasteiger partial charge in [0.1, 0.15) is 0 Å². The molecule has 0 unspecified atom stereocenters. The molecule has 0 saturated carbocycles. The largest absolute Gasteiger partial charge is 0.0622 e. The van der Waals surface area contributed by atoms with Gasteiger partial charge in [-0.25, -0.2) is 0 Å². The van der Waals surface area contributed by atoms with E-state index in [0.717, 1.165) is 6.42 Å². The van der Waals surface area contributed by atoms with Gasteiger partial charge in [-0.3, -0.25) is 0 Å². The topological polar surface area (TPSA) is 0 Å². The number of hydrogen-bond donors (Lipinski definition) is 0. The standard InChI is InChI=1S/C19H24/c1-14(2)17-11-8-12-18(15(3)4)19(17)13-16-9-6-5-7-10-16/h5-12,14-15H,13H2,1-4H3. The van der Waals surface area contributed by atoms with Crippen LogP contribution in [0.25, 0.3) is 0 Å². The van der Waals surface area contributed by atoms with Gasteiger partial charge < -0.3 is 0 Å². The van der Waals surface area contributed by atoms with Crippen molar-refractivity contribution in [1.29, 1.82) is 0 Å². The summed E-state index contributed by atoms with van der Waals surface area (Å²) in [6.45, 7) is 9.14. The Kier molecular flexibility index (Phi) is 4.42. The van der Waals surface area contributed by atoms with E-state index in [2.05, 4.69) is 76.2 Å². The summed E-state index contributed by atoms with van der Waals surface area (Å²) >= 11 is 0. The molecular weight excluding hydrogens is 228 g/mol. The second kappa shape index (κ2) is 6.06. The molecule has 0 amide bonds. The van der Waals surface area contributed by atoms with E-state index in [4.69, 9.17) is 0 Å². The van der Waals surface area contributed by atoms with Gasteiger partial charge >= 0.3 is 0 Å². The number of benzene rings is 2. The van der Waals surface area contributed by atoms with Crippen molar-refractivity contribution in [1.82, 2.24) is 0 Å². The molecule has 0 bridgehead atoms. The molecule has 0 fully saturated rings. The van der Waals surface area contributed by atoms with Crippen molar-refractivity contribution >= 4 is 0 Å². The fraction of sp³-hybridized carbons (Fsp3) is 0.368. The quantitative estimate of drug-likeness (QED) is 0.671. The van der Waals surface area contributed by atoms with Crippen molar-refractivity contribution in [3.63, 3.8) is 0 Å². The zero-order chi connectivity index (χ0) is 13.8. The molecule has 0 aromatic heterocycles. The molecule has 0 atom stereocenters. The zero-order valence-electron chi connectivity index (χ0n) is 12.5. The monoisotopic (exact) mass is 252 g/mol. The van der Waals surface area contributed by atoms with E-state index in [9.17, 15) is 0 Å². The third-order valence-corrected chi connectivity index (χ3v) is 3.72. The third kappa shape index (κ3) is 3.26.